The molecular formula is C15H20F3N3O. The Hall–Kier alpha value is -1.53. The molecule has 1 saturated carbocycles. The van der Waals surface area contributed by atoms with E-state index in [0.717, 1.165) is 23.4 Å². The molecule has 22 heavy (non-hydrogen) atoms. The molecule has 0 radical (unpaired) electrons. The number of amides is 1. The number of alkyl halides is 3. The van der Waals surface area contributed by atoms with E-state index in [9.17, 15) is 18.0 Å². The Bertz CT molecular complexity index is 596. The molecule has 2 aliphatic rings. The number of hydrogen-bond donors (Lipinski definition) is 0. The first-order chi connectivity index (χ1) is 10.3. The standard InChI is InChI=1S/C15H20F3N3O/c1-4-10-13(11(5-2)20(3)19-10)12-8-6-21(7-9(8)12)14(22)15(16,17)18/h8-9,12H,4-7H2,1-3H3/t8-,9+,12?. The van der Waals surface area contributed by atoms with Crippen LogP contribution in [0.25, 0.3) is 0 Å². The molecule has 3 rings (SSSR count). The van der Waals surface area contributed by atoms with Crippen molar-refractivity contribution in [1.82, 2.24) is 14.7 Å². The molecule has 1 aromatic heterocycles. The fourth-order valence-electron chi connectivity index (χ4n) is 4.00. The Morgan fingerprint density at radius 1 is 1.23 bits per heavy atom. The lowest BCUT2D eigenvalue weighted by molar-refractivity contribution is -0.184. The second-order valence-electron chi connectivity index (χ2n) is 6.20. The maximum absolute atomic E-state index is 12.5. The summed E-state index contributed by atoms with van der Waals surface area (Å²) in [6.45, 7) is 4.55. The summed E-state index contributed by atoms with van der Waals surface area (Å²) in [6, 6.07) is 0. The van der Waals surface area contributed by atoms with Crippen LogP contribution in [0.15, 0.2) is 0 Å². The molecule has 0 aromatic carbocycles. The average molecular weight is 315 g/mol. The molecule has 1 aliphatic carbocycles. The number of halogens is 3. The topological polar surface area (TPSA) is 38.1 Å². The molecule has 122 valence electrons. The molecule has 2 heterocycles. The number of nitrogens with zero attached hydrogens (tertiary/aromatic N) is 3. The number of hydrogen-bond acceptors (Lipinski definition) is 2. The van der Waals surface area contributed by atoms with E-state index < -0.39 is 12.1 Å². The lowest BCUT2D eigenvalue weighted by Gasteiger charge is -2.21. The van der Waals surface area contributed by atoms with Gasteiger partial charge in [0.25, 0.3) is 0 Å². The minimum Gasteiger partial charge on any atom is -0.334 e. The number of rotatable bonds is 3. The van der Waals surface area contributed by atoms with Crippen molar-refractivity contribution in [2.24, 2.45) is 18.9 Å². The summed E-state index contributed by atoms with van der Waals surface area (Å²) >= 11 is 0. The van der Waals surface area contributed by atoms with E-state index in [2.05, 4.69) is 12.0 Å². The highest BCUT2D eigenvalue weighted by Gasteiger charge is 2.60. The summed E-state index contributed by atoms with van der Waals surface area (Å²) in [4.78, 5) is 12.3. The molecule has 1 amide bonds. The maximum Gasteiger partial charge on any atom is 0.471 e. The van der Waals surface area contributed by atoms with E-state index in [1.54, 1.807) is 0 Å². The number of aryl methyl sites for hydroxylation is 2. The molecule has 4 nitrogen and oxygen atoms in total. The smallest absolute Gasteiger partial charge is 0.334 e. The predicted octanol–water partition coefficient (Wildman–Crippen LogP) is 2.28. The average Bonchev–Trinajstić information content (AvgIpc) is 2.83. The number of carbonyl (C=O) groups is 1. The van der Waals surface area contributed by atoms with Gasteiger partial charge in [0.05, 0.1) is 5.69 Å². The Morgan fingerprint density at radius 3 is 2.27 bits per heavy atom. The molecule has 1 unspecified atom stereocenters. The Balaban J connectivity index is 1.77. The summed E-state index contributed by atoms with van der Waals surface area (Å²) in [6.07, 6.45) is -3.08. The van der Waals surface area contributed by atoms with Gasteiger partial charge >= 0.3 is 12.1 Å². The second kappa shape index (κ2) is 4.99. The third-order valence-electron chi connectivity index (χ3n) is 5.01. The minimum absolute atomic E-state index is 0.158. The zero-order valence-corrected chi connectivity index (χ0v) is 12.9. The second-order valence-corrected chi connectivity index (χ2v) is 6.20. The monoisotopic (exact) mass is 315 g/mol. The molecule has 1 saturated heterocycles. The molecule has 7 heteroatoms. The van der Waals surface area contributed by atoms with Crippen LogP contribution in [-0.2, 0) is 24.7 Å². The SMILES string of the molecule is CCc1nn(C)c(CC)c1C1[C@H]2CN(C(=O)C(F)(F)F)C[C@@H]12. The normalized spacial score (nSPS) is 27.2. The van der Waals surface area contributed by atoms with Crippen LogP contribution in [0.3, 0.4) is 0 Å². The van der Waals surface area contributed by atoms with E-state index in [4.69, 9.17) is 0 Å². The van der Waals surface area contributed by atoms with Crippen LogP contribution >= 0.6 is 0 Å². The van der Waals surface area contributed by atoms with Gasteiger partial charge in [0.1, 0.15) is 0 Å². The zero-order chi connectivity index (χ0) is 16.2. The van der Waals surface area contributed by atoms with Crippen LogP contribution in [0.4, 0.5) is 13.2 Å². The van der Waals surface area contributed by atoms with E-state index in [1.165, 1.54) is 11.3 Å². The van der Waals surface area contributed by atoms with Gasteiger partial charge in [-0.15, -0.1) is 0 Å². The number of piperidine rings is 1. The van der Waals surface area contributed by atoms with Crippen molar-refractivity contribution in [3.8, 4) is 0 Å². The van der Waals surface area contributed by atoms with E-state index >= 15 is 0 Å². The highest BCUT2D eigenvalue weighted by molar-refractivity contribution is 5.82. The summed E-state index contributed by atoms with van der Waals surface area (Å²) in [5.74, 6) is -1.11. The molecule has 3 atom stereocenters. The molecule has 0 bridgehead atoms. The predicted molar refractivity (Wildman–Crippen MR) is 74.3 cm³/mol. The fourth-order valence-corrected chi connectivity index (χ4v) is 4.00. The summed E-state index contributed by atoms with van der Waals surface area (Å²) < 4.78 is 39.4. The van der Waals surface area contributed by atoms with Crippen LogP contribution < -0.4 is 0 Å². The van der Waals surface area contributed by atoms with Crippen molar-refractivity contribution >= 4 is 5.91 Å². The highest BCUT2D eigenvalue weighted by atomic mass is 19.4. The first-order valence-corrected chi connectivity index (χ1v) is 7.70. The van der Waals surface area contributed by atoms with Gasteiger partial charge in [-0.25, -0.2) is 0 Å². The van der Waals surface area contributed by atoms with Crippen LogP contribution in [0.2, 0.25) is 0 Å². The van der Waals surface area contributed by atoms with Gasteiger partial charge in [-0.1, -0.05) is 13.8 Å². The Kier molecular flexibility index (Phi) is 3.49. The molecular weight excluding hydrogens is 295 g/mol. The summed E-state index contributed by atoms with van der Waals surface area (Å²) in [5, 5.41) is 4.54. The van der Waals surface area contributed by atoms with Crippen molar-refractivity contribution in [3.63, 3.8) is 0 Å². The Morgan fingerprint density at radius 2 is 1.82 bits per heavy atom. The van der Waals surface area contributed by atoms with Gasteiger partial charge in [0.15, 0.2) is 0 Å². The minimum atomic E-state index is -4.76. The van der Waals surface area contributed by atoms with Crippen molar-refractivity contribution in [3.05, 3.63) is 17.0 Å². The first-order valence-electron chi connectivity index (χ1n) is 7.70. The van der Waals surface area contributed by atoms with Crippen LogP contribution in [0.1, 0.15) is 36.7 Å². The van der Waals surface area contributed by atoms with Gasteiger partial charge < -0.3 is 4.90 Å². The third kappa shape index (κ3) is 2.21. The van der Waals surface area contributed by atoms with Crippen molar-refractivity contribution < 1.29 is 18.0 Å². The van der Waals surface area contributed by atoms with Crippen molar-refractivity contribution in [2.45, 2.75) is 38.8 Å². The van der Waals surface area contributed by atoms with E-state index in [1.807, 2.05) is 18.7 Å². The quantitative estimate of drug-likeness (QED) is 0.858. The van der Waals surface area contributed by atoms with Crippen molar-refractivity contribution in [2.75, 3.05) is 13.1 Å². The molecule has 1 aromatic rings. The fraction of sp³-hybridized carbons (Fsp3) is 0.733. The van der Waals surface area contributed by atoms with Gasteiger partial charge in [0, 0.05) is 31.4 Å². The zero-order valence-electron chi connectivity index (χ0n) is 12.9. The van der Waals surface area contributed by atoms with E-state index in [0.29, 0.717) is 0 Å². The number of carbonyl (C=O) groups excluding carboxylic acids is 1. The molecule has 1 aliphatic heterocycles. The van der Waals surface area contributed by atoms with Gasteiger partial charge in [-0.05, 0) is 30.6 Å². The van der Waals surface area contributed by atoms with Crippen LogP contribution in [-0.4, -0.2) is 39.9 Å². The largest absolute Gasteiger partial charge is 0.471 e. The first kappa shape index (κ1) is 15.4. The lowest BCUT2D eigenvalue weighted by atomic mass is 10.0. The summed E-state index contributed by atoms with van der Waals surface area (Å²) in [7, 11) is 1.92. The highest BCUT2D eigenvalue weighted by Crippen LogP contribution is 2.59. The Labute approximate surface area is 127 Å². The number of likely N-dealkylation sites (tertiary alicyclic amines) is 1. The van der Waals surface area contributed by atoms with Crippen LogP contribution in [0, 0.1) is 11.8 Å². The van der Waals surface area contributed by atoms with E-state index in [-0.39, 0.29) is 30.8 Å². The molecule has 0 N–H and O–H groups in total. The van der Waals surface area contributed by atoms with Gasteiger partial charge in [0.2, 0.25) is 0 Å². The van der Waals surface area contributed by atoms with Crippen molar-refractivity contribution in [1.29, 1.82) is 0 Å². The van der Waals surface area contributed by atoms with Crippen LogP contribution in [0.5, 0.6) is 0 Å². The lowest BCUT2D eigenvalue weighted by Crippen LogP contribution is -2.41. The molecule has 0 spiro atoms. The maximum atomic E-state index is 12.5. The number of fused-ring (bicyclic) bond motifs is 1. The van der Waals surface area contributed by atoms with Gasteiger partial charge in [-0.3, -0.25) is 9.48 Å². The van der Waals surface area contributed by atoms with Gasteiger partial charge in [-0.2, -0.15) is 18.3 Å². The summed E-state index contributed by atoms with van der Waals surface area (Å²) in [5.41, 5.74) is 3.44. The third-order valence-corrected chi connectivity index (χ3v) is 5.01. The molecule has 2 fully saturated rings. The number of aromatic nitrogens is 2.